The first-order valence-corrected chi connectivity index (χ1v) is 7.40. The number of anilines is 2. The molecule has 6 heteroatoms. The average Bonchev–Trinajstić information content (AvgIpc) is 2.56. The van der Waals surface area contributed by atoms with E-state index >= 15 is 0 Å². The Morgan fingerprint density at radius 2 is 1.46 bits per heavy atom. The van der Waals surface area contributed by atoms with E-state index < -0.39 is 0 Å². The molecule has 0 aliphatic rings. The summed E-state index contributed by atoms with van der Waals surface area (Å²) in [6.07, 6.45) is 0.216. The molecular weight excluding hydrogens is 308 g/mol. The summed E-state index contributed by atoms with van der Waals surface area (Å²) in [5.74, 6) is 0.924. The molecule has 0 saturated heterocycles. The summed E-state index contributed by atoms with van der Waals surface area (Å²) >= 11 is 0. The third kappa shape index (κ3) is 4.74. The van der Waals surface area contributed by atoms with Crippen molar-refractivity contribution in [3.05, 3.63) is 48.0 Å². The molecule has 0 spiro atoms. The van der Waals surface area contributed by atoms with Crippen molar-refractivity contribution >= 4 is 23.2 Å². The van der Waals surface area contributed by atoms with Crippen LogP contribution in [0.5, 0.6) is 11.5 Å². The Morgan fingerprint density at radius 1 is 0.875 bits per heavy atom. The monoisotopic (exact) mass is 328 g/mol. The number of carbonyl (C=O) groups is 2. The Morgan fingerprint density at radius 3 is 2.00 bits per heavy atom. The quantitative estimate of drug-likeness (QED) is 0.855. The fraction of sp³-hybridized carbons (Fsp3) is 0.222. The largest absolute Gasteiger partial charge is 0.493 e. The molecule has 0 fully saturated rings. The lowest BCUT2D eigenvalue weighted by Crippen LogP contribution is -2.14. The zero-order valence-electron chi connectivity index (χ0n) is 13.9. The van der Waals surface area contributed by atoms with Crippen molar-refractivity contribution in [2.75, 3.05) is 24.9 Å². The molecule has 2 aromatic carbocycles. The van der Waals surface area contributed by atoms with Crippen LogP contribution in [-0.4, -0.2) is 26.0 Å². The van der Waals surface area contributed by atoms with Gasteiger partial charge in [-0.3, -0.25) is 9.59 Å². The molecule has 2 amide bonds. The van der Waals surface area contributed by atoms with E-state index in [0.717, 1.165) is 5.56 Å². The molecular formula is C18H20N2O4. The maximum absolute atomic E-state index is 12.1. The Hall–Kier alpha value is -3.02. The summed E-state index contributed by atoms with van der Waals surface area (Å²) in [7, 11) is 3.12. The van der Waals surface area contributed by atoms with Crippen molar-refractivity contribution in [3.8, 4) is 11.5 Å². The SMILES string of the molecule is COc1ccc(CC(=O)Nc2ccc(NC(C)=O)cc2)cc1OC. The summed E-state index contributed by atoms with van der Waals surface area (Å²) in [4.78, 5) is 23.1. The van der Waals surface area contributed by atoms with Crippen LogP contribution in [0.4, 0.5) is 11.4 Å². The van der Waals surface area contributed by atoms with Gasteiger partial charge in [-0.15, -0.1) is 0 Å². The van der Waals surface area contributed by atoms with Crippen LogP contribution in [0, 0.1) is 0 Å². The molecule has 0 radical (unpaired) electrons. The van der Waals surface area contributed by atoms with Gasteiger partial charge >= 0.3 is 0 Å². The molecule has 2 N–H and O–H groups in total. The zero-order chi connectivity index (χ0) is 17.5. The number of ether oxygens (including phenoxy) is 2. The van der Waals surface area contributed by atoms with Gasteiger partial charge in [0.05, 0.1) is 20.6 Å². The molecule has 0 saturated carbocycles. The van der Waals surface area contributed by atoms with Crippen molar-refractivity contribution in [3.63, 3.8) is 0 Å². The van der Waals surface area contributed by atoms with Gasteiger partial charge in [0, 0.05) is 18.3 Å². The van der Waals surface area contributed by atoms with Crippen LogP contribution in [0.15, 0.2) is 42.5 Å². The second-order valence-electron chi connectivity index (χ2n) is 5.17. The standard InChI is InChI=1S/C18H20N2O4/c1-12(21)19-14-5-7-15(8-6-14)20-18(22)11-13-4-9-16(23-2)17(10-13)24-3/h4-10H,11H2,1-3H3,(H,19,21)(H,20,22). The molecule has 0 aliphatic heterocycles. The maximum Gasteiger partial charge on any atom is 0.228 e. The van der Waals surface area contributed by atoms with Gasteiger partial charge in [-0.1, -0.05) is 6.07 Å². The Bertz CT molecular complexity index is 726. The zero-order valence-corrected chi connectivity index (χ0v) is 13.9. The lowest BCUT2D eigenvalue weighted by atomic mass is 10.1. The van der Waals surface area contributed by atoms with E-state index in [0.29, 0.717) is 22.9 Å². The molecule has 0 aliphatic carbocycles. The van der Waals surface area contributed by atoms with Crippen LogP contribution in [-0.2, 0) is 16.0 Å². The summed E-state index contributed by atoms with van der Waals surface area (Å²) in [6, 6.07) is 12.3. The van der Waals surface area contributed by atoms with Crippen LogP contribution in [0.25, 0.3) is 0 Å². The van der Waals surface area contributed by atoms with E-state index in [-0.39, 0.29) is 18.2 Å². The van der Waals surface area contributed by atoms with Crippen molar-refractivity contribution in [2.24, 2.45) is 0 Å². The molecule has 2 aromatic rings. The minimum Gasteiger partial charge on any atom is -0.493 e. The molecule has 6 nitrogen and oxygen atoms in total. The maximum atomic E-state index is 12.1. The third-order valence-corrected chi connectivity index (χ3v) is 3.30. The fourth-order valence-corrected chi connectivity index (χ4v) is 2.22. The Labute approximate surface area is 140 Å². The predicted molar refractivity (Wildman–Crippen MR) is 92.6 cm³/mol. The van der Waals surface area contributed by atoms with Crippen LogP contribution < -0.4 is 20.1 Å². The van der Waals surface area contributed by atoms with Gasteiger partial charge < -0.3 is 20.1 Å². The van der Waals surface area contributed by atoms with E-state index in [2.05, 4.69) is 10.6 Å². The summed E-state index contributed by atoms with van der Waals surface area (Å²) in [5, 5.41) is 5.48. The molecule has 0 aromatic heterocycles. The van der Waals surface area contributed by atoms with Crippen molar-refractivity contribution < 1.29 is 19.1 Å². The molecule has 0 heterocycles. The number of hydrogen-bond donors (Lipinski definition) is 2. The number of rotatable bonds is 6. The fourth-order valence-electron chi connectivity index (χ4n) is 2.22. The summed E-state index contributed by atoms with van der Waals surface area (Å²) in [6.45, 7) is 1.44. The number of carbonyl (C=O) groups excluding carboxylic acids is 2. The lowest BCUT2D eigenvalue weighted by molar-refractivity contribution is -0.116. The van der Waals surface area contributed by atoms with Gasteiger partial charge in [0.15, 0.2) is 11.5 Å². The van der Waals surface area contributed by atoms with Crippen LogP contribution in [0.1, 0.15) is 12.5 Å². The Balaban J connectivity index is 1.99. The van der Waals surface area contributed by atoms with E-state index in [1.54, 1.807) is 50.6 Å². The minimum atomic E-state index is -0.144. The third-order valence-electron chi connectivity index (χ3n) is 3.30. The highest BCUT2D eigenvalue weighted by Crippen LogP contribution is 2.27. The average molecular weight is 328 g/mol. The first-order valence-electron chi connectivity index (χ1n) is 7.40. The van der Waals surface area contributed by atoms with E-state index in [4.69, 9.17) is 9.47 Å². The number of amides is 2. The molecule has 0 unspecified atom stereocenters. The smallest absolute Gasteiger partial charge is 0.228 e. The number of nitrogens with one attached hydrogen (secondary N) is 2. The lowest BCUT2D eigenvalue weighted by Gasteiger charge is -2.10. The first-order chi connectivity index (χ1) is 11.5. The summed E-state index contributed by atoms with van der Waals surface area (Å²) < 4.78 is 10.4. The topological polar surface area (TPSA) is 76.7 Å². The number of methoxy groups -OCH3 is 2. The number of benzene rings is 2. The normalized spacial score (nSPS) is 9.96. The predicted octanol–water partition coefficient (Wildman–Crippen LogP) is 2.84. The van der Waals surface area contributed by atoms with Gasteiger partial charge in [0.25, 0.3) is 0 Å². The molecule has 0 bridgehead atoms. The van der Waals surface area contributed by atoms with E-state index in [9.17, 15) is 9.59 Å². The molecule has 24 heavy (non-hydrogen) atoms. The van der Waals surface area contributed by atoms with E-state index in [1.807, 2.05) is 6.07 Å². The van der Waals surface area contributed by atoms with Gasteiger partial charge in [0.2, 0.25) is 11.8 Å². The van der Waals surface area contributed by atoms with Gasteiger partial charge in [-0.05, 0) is 42.0 Å². The Kier molecular flexibility index (Phi) is 5.78. The van der Waals surface area contributed by atoms with Crippen molar-refractivity contribution in [2.45, 2.75) is 13.3 Å². The highest BCUT2D eigenvalue weighted by atomic mass is 16.5. The summed E-state index contributed by atoms with van der Waals surface area (Å²) in [5.41, 5.74) is 2.16. The second-order valence-corrected chi connectivity index (χ2v) is 5.17. The van der Waals surface area contributed by atoms with E-state index in [1.165, 1.54) is 6.92 Å². The van der Waals surface area contributed by atoms with Crippen LogP contribution in [0.2, 0.25) is 0 Å². The second kappa shape index (κ2) is 8.01. The van der Waals surface area contributed by atoms with Gasteiger partial charge in [-0.2, -0.15) is 0 Å². The van der Waals surface area contributed by atoms with Crippen molar-refractivity contribution in [1.82, 2.24) is 0 Å². The number of hydrogen-bond acceptors (Lipinski definition) is 4. The van der Waals surface area contributed by atoms with Gasteiger partial charge in [-0.25, -0.2) is 0 Å². The first kappa shape index (κ1) is 17.3. The molecule has 0 atom stereocenters. The molecule has 126 valence electrons. The highest BCUT2D eigenvalue weighted by molar-refractivity contribution is 5.93. The minimum absolute atomic E-state index is 0.139. The van der Waals surface area contributed by atoms with Gasteiger partial charge in [0.1, 0.15) is 0 Å². The van der Waals surface area contributed by atoms with Crippen LogP contribution >= 0.6 is 0 Å². The van der Waals surface area contributed by atoms with Crippen LogP contribution in [0.3, 0.4) is 0 Å². The highest BCUT2D eigenvalue weighted by Gasteiger charge is 2.09. The molecule has 2 rings (SSSR count). The van der Waals surface area contributed by atoms with Crippen molar-refractivity contribution in [1.29, 1.82) is 0 Å².